The molecule has 2 saturated heterocycles. The van der Waals surface area contributed by atoms with E-state index in [1.807, 2.05) is 54.3 Å². The molecular formula is C30H38N4O3. The van der Waals surface area contributed by atoms with Crippen LogP contribution in [0.4, 0.5) is 5.88 Å². The van der Waals surface area contributed by atoms with Crippen molar-refractivity contribution in [2.45, 2.75) is 45.7 Å². The molecule has 3 aromatic rings. The molecule has 1 aromatic heterocycles. The fourth-order valence-corrected chi connectivity index (χ4v) is 5.38. The van der Waals surface area contributed by atoms with E-state index in [0.717, 1.165) is 80.5 Å². The maximum absolute atomic E-state index is 13.9. The van der Waals surface area contributed by atoms with E-state index in [0.29, 0.717) is 24.7 Å². The lowest BCUT2D eigenvalue weighted by atomic mass is 10.0. The topological polar surface area (TPSA) is 62.1 Å². The van der Waals surface area contributed by atoms with Crippen LogP contribution in [0.3, 0.4) is 0 Å². The number of benzene rings is 2. The van der Waals surface area contributed by atoms with Gasteiger partial charge in [0, 0.05) is 49.9 Å². The predicted molar refractivity (Wildman–Crippen MR) is 146 cm³/mol. The number of piperidine rings is 1. The number of hydrogen-bond donors (Lipinski definition) is 0. The molecule has 2 aliphatic heterocycles. The SMILES string of the molecule is Cc1cccc(C(=O)N(CCN2CCOCC2)Cc2c(-c3ccccc3)noc2N2CCCC[C@H]2C)c1. The Labute approximate surface area is 220 Å². The molecule has 0 radical (unpaired) electrons. The molecule has 3 heterocycles. The Balaban J connectivity index is 1.49. The van der Waals surface area contributed by atoms with Gasteiger partial charge in [-0.25, -0.2) is 0 Å². The zero-order valence-electron chi connectivity index (χ0n) is 22.1. The molecule has 0 unspecified atom stereocenters. The van der Waals surface area contributed by atoms with E-state index in [1.165, 1.54) is 6.42 Å². The van der Waals surface area contributed by atoms with Crippen LogP contribution in [0.25, 0.3) is 11.3 Å². The van der Waals surface area contributed by atoms with E-state index < -0.39 is 0 Å². The van der Waals surface area contributed by atoms with Gasteiger partial charge in [0.25, 0.3) is 5.91 Å². The van der Waals surface area contributed by atoms with E-state index in [9.17, 15) is 4.79 Å². The number of morpholine rings is 1. The molecule has 196 valence electrons. The van der Waals surface area contributed by atoms with Gasteiger partial charge in [-0.2, -0.15) is 0 Å². The van der Waals surface area contributed by atoms with Crippen molar-refractivity contribution in [3.8, 4) is 11.3 Å². The lowest BCUT2D eigenvalue weighted by Crippen LogP contribution is -2.43. The molecule has 37 heavy (non-hydrogen) atoms. The molecule has 1 atom stereocenters. The minimum absolute atomic E-state index is 0.0369. The second kappa shape index (κ2) is 11.9. The summed E-state index contributed by atoms with van der Waals surface area (Å²) < 4.78 is 11.6. The molecule has 2 aromatic carbocycles. The molecule has 2 aliphatic rings. The smallest absolute Gasteiger partial charge is 0.254 e. The van der Waals surface area contributed by atoms with Gasteiger partial charge in [0.2, 0.25) is 5.88 Å². The summed E-state index contributed by atoms with van der Waals surface area (Å²) in [6.07, 6.45) is 3.49. The minimum atomic E-state index is 0.0369. The van der Waals surface area contributed by atoms with E-state index in [4.69, 9.17) is 9.26 Å². The number of aromatic nitrogens is 1. The summed E-state index contributed by atoms with van der Waals surface area (Å²) >= 11 is 0. The first-order valence-electron chi connectivity index (χ1n) is 13.6. The molecule has 2 fully saturated rings. The number of hydrogen-bond acceptors (Lipinski definition) is 6. The second-order valence-corrected chi connectivity index (χ2v) is 10.3. The summed E-state index contributed by atoms with van der Waals surface area (Å²) in [7, 11) is 0. The van der Waals surface area contributed by atoms with Gasteiger partial charge in [0.05, 0.1) is 25.3 Å². The highest BCUT2D eigenvalue weighted by Gasteiger charge is 2.30. The van der Waals surface area contributed by atoms with Gasteiger partial charge in [-0.1, -0.05) is 53.2 Å². The van der Waals surface area contributed by atoms with Gasteiger partial charge in [-0.05, 0) is 45.2 Å². The zero-order valence-corrected chi connectivity index (χ0v) is 22.1. The van der Waals surface area contributed by atoms with Crippen LogP contribution in [0.15, 0.2) is 59.1 Å². The summed E-state index contributed by atoms with van der Waals surface area (Å²) in [5, 5.41) is 4.56. The van der Waals surface area contributed by atoms with E-state index >= 15 is 0 Å². The van der Waals surface area contributed by atoms with Crippen molar-refractivity contribution >= 4 is 11.8 Å². The van der Waals surface area contributed by atoms with Crippen molar-refractivity contribution < 1.29 is 14.1 Å². The lowest BCUT2D eigenvalue weighted by molar-refractivity contribution is 0.0320. The molecule has 7 nitrogen and oxygen atoms in total. The Bertz CT molecular complexity index is 1170. The van der Waals surface area contributed by atoms with Gasteiger partial charge >= 0.3 is 0 Å². The van der Waals surface area contributed by atoms with Crippen molar-refractivity contribution in [1.82, 2.24) is 15.0 Å². The molecule has 1 amide bonds. The number of ether oxygens (including phenoxy) is 1. The number of anilines is 1. The molecule has 0 aliphatic carbocycles. The van der Waals surface area contributed by atoms with Gasteiger partial charge < -0.3 is 19.1 Å². The maximum atomic E-state index is 13.9. The summed E-state index contributed by atoms with van der Waals surface area (Å²) in [6.45, 7) is 10.4. The van der Waals surface area contributed by atoms with Crippen molar-refractivity contribution in [2.75, 3.05) is 50.8 Å². The molecule has 0 saturated carbocycles. The molecule has 7 heteroatoms. The normalized spacial score (nSPS) is 18.6. The third kappa shape index (κ3) is 6.05. The average molecular weight is 503 g/mol. The second-order valence-electron chi connectivity index (χ2n) is 10.3. The Morgan fingerprint density at radius 1 is 1.05 bits per heavy atom. The van der Waals surface area contributed by atoms with Crippen LogP contribution in [0.1, 0.15) is 47.7 Å². The van der Waals surface area contributed by atoms with Crippen molar-refractivity contribution in [2.24, 2.45) is 0 Å². The third-order valence-corrected chi connectivity index (χ3v) is 7.57. The first-order chi connectivity index (χ1) is 18.1. The molecule has 5 rings (SSSR count). The van der Waals surface area contributed by atoms with Crippen LogP contribution in [-0.2, 0) is 11.3 Å². The monoisotopic (exact) mass is 502 g/mol. The van der Waals surface area contributed by atoms with Crippen LogP contribution in [-0.4, -0.2) is 72.8 Å². The largest absolute Gasteiger partial charge is 0.379 e. The number of amides is 1. The molecule has 0 N–H and O–H groups in total. The number of nitrogens with zero attached hydrogens (tertiary/aromatic N) is 4. The van der Waals surface area contributed by atoms with Gasteiger partial charge in [0.15, 0.2) is 0 Å². The summed E-state index contributed by atoms with van der Waals surface area (Å²) in [5.41, 5.74) is 4.61. The summed E-state index contributed by atoms with van der Waals surface area (Å²) in [6, 6.07) is 18.4. The van der Waals surface area contributed by atoms with Crippen LogP contribution < -0.4 is 4.90 Å². The quantitative estimate of drug-likeness (QED) is 0.432. The standard InChI is InChI=1S/C30H38N4O3/c1-23-9-8-13-26(21-23)29(35)33(16-15-32-17-19-36-20-18-32)22-27-28(25-11-4-3-5-12-25)31-37-30(27)34-14-7-6-10-24(34)2/h3-5,8-9,11-13,21,24H,6-7,10,14-20,22H2,1-2H3/t24-/m1/s1. The summed E-state index contributed by atoms with van der Waals surface area (Å²) in [5.74, 6) is 0.842. The average Bonchev–Trinajstić information content (AvgIpc) is 3.35. The van der Waals surface area contributed by atoms with Crippen LogP contribution >= 0.6 is 0 Å². The highest BCUT2D eigenvalue weighted by molar-refractivity contribution is 5.94. The van der Waals surface area contributed by atoms with E-state index in [2.05, 4.69) is 34.0 Å². The zero-order chi connectivity index (χ0) is 25.6. The first-order valence-corrected chi connectivity index (χ1v) is 13.6. The van der Waals surface area contributed by atoms with Crippen LogP contribution in [0, 0.1) is 6.92 Å². The predicted octanol–water partition coefficient (Wildman–Crippen LogP) is 5.00. The Morgan fingerprint density at radius 3 is 2.62 bits per heavy atom. The number of rotatable bonds is 8. The van der Waals surface area contributed by atoms with Crippen LogP contribution in [0.5, 0.6) is 0 Å². The Kier molecular flexibility index (Phi) is 8.21. The fraction of sp³-hybridized carbons (Fsp3) is 0.467. The highest BCUT2D eigenvalue weighted by atomic mass is 16.5. The Hall–Kier alpha value is -3.16. The summed E-state index contributed by atoms with van der Waals surface area (Å²) in [4.78, 5) is 20.6. The lowest BCUT2D eigenvalue weighted by Gasteiger charge is -2.34. The number of carbonyl (C=O) groups excluding carboxylic acids is 1. The number of aryl methyl sites for hydroxylation is 1. The van der Waals surface area contributed by atoms with E-state index in [1.54, 1.807) is 0 Å². The number of carbonyl (C=O) groups is 1. The van der Waals surface area contributed by atoms with Gasteiger partial charge in [-0.3, -0.25) is 9.69 Å². The highest BCUT2D eigenvalue weighted by Crippen LogP contribution is 2.35. The Morgan fingerprint density at radius 2 is 1.86 bits per heavy atom. The van der Waals surface area contributed by atoms with Crippen molar-refractivity contribution in [3.05, 3.63) is 71.3 Å². The fourth-order valence-electron chi connectivity index (χ4n) is 5.38. The van der Waals surface area contributed by atoms with Gasteiger partial charge in [-0.15, -0.1) is 0 Å². The first kappa shape index (κ1) is 25.5. The minimum Gasteiger partial charge on any atom is -0.379 e. The molecule has 0 spiro atoms. The maximum Gasteiger partial charge on any atom is 0.254 e. The van der Waals surface area contributed by atoms with Crippen molar-refractivity contribution in [1.29, 1.82) is 0 Å². The van der Waals surface area contributed by atoms with Gasteiger partial charge in [0.1, 0.15) is 5.69 Å². The van der Waals surface area contributed by atoms with Crippen molar-refractivity contribution in [3.63, 3.8) is 0 Å². The molecular weight excluding hydrogens is 464 g/mol. The third-order valence-electron chi connectivity index (χ3n) is 7.57. The van der Waals surface area contributed by atoms with Crippen LogP contribution in [0.2, 0.25) is 0 Å². The molecule has 0 bridgehead atoms. The van der Waals surface area contributed by atoms with E-state index in [-0.39, 0.29) is 5.91 Å².